The van der Waals surface area contributed by atoms with Crippen molar-refractivity contribution < 1.29 is 0 Å². The lowest BCUT2D eigenvalue weighted by Gasteiger charge is -2.08. The smallest absolute Gasteiger partial charge is 0.136 e. The summed E-state index contributed by atoms with van der Waals surface area (Å²) in [5.74, 6) is 1.87. The first-order chi connectivity index (χ1) is 9.31. The van der Waals surface area contributed by atoms with Gasteiger partial charge in [0.15, 0.2) is 0 Å². The third-order valence-corrected chi connectivity index (χ3v) is 4.59. The number of rotatable bonds is 1. The van der Waals surface area contributed by atoms with Gasteiger partial charge < -0.3 is 5.73 Å². The van der Waals surface area contributed by atoms with Crippen molar-refractivity contribution in [2.75, 3.05) is 5.73 Å². The molecule has 3 aromatic rings. The minimum absolute atomic E-state index is 0.367. The number of nitrogens with two attached hydrogens (primary N) is 1. The van der Waals surface area contributed by atoms with E-state index in [0.29, 0.717) is 11.7 Å². The second kappa shape index (κ2) is 4.03. The first kappa shape index (κ1) is 10.9. The van der Waals surface area contributed by atoms with E-state index in [0.717, 1.165) is 28.9 Å². The fraction of sp³-hybridized carbons (Fsp3) is 0.200. The van der Waals surface area contributed by atoms with E-state index in [9.17, 15) is 0 Å². The van der Waals surface area contributed by atoms with Crippen molar-refractivity contribution >= 4 is 27.4 Å². The van der Waals surface area contributed by atoms with Crippen molar-refractivity contribution in [2.24, 2.45) is 0 Å². The number of thiophene rings is 1. The van der Waals surface area contributed by atoms with Crippen molar-refractivity contribution in [1.82, 2.24) is 9.97 Å². The molecule has 4 rings (SSSR count). The number of fused-ring (bicyclic) bond motifs is 2. The summed E-state index contributed by atoms with van der Waals surface area (Å²) in [7, 11) is 0. The number of anilines is 1. The van der Waals surface area contributed by atoms with E-state index in [-0.39, 0.29) is 0 Å². The van der Waals surface area contributed by atoms with Gasteiger partial charge in [0.2, 0.25) is 0 Å². The highest BCUT2D eigenvalue weighted by molar-refractivity contribution is 7.16. The van der Waals surface area contributed by atoms with E-state index in [1.165, 1.54) is 11.1 Å². The number of hydrogen-bond acceptors (Lipinski definition) is 4. The second-order valence-electron chi connectivity index (χ2n) is 4.98. The molecule has 0 fully saturated rings. The Hall–Kier alpha value is -1.94. The molecule has 0 radical (unpaired) electrons. The van der Waals surface area contributed by atoms with Gasteiger partial charge in [0.05, 0.1) is 5.39 Å². The molecule has 94 valence electrons. The molecule has 0 atom stereocenters. The van der Waals surface area contributed by atoms with Crippen LogP contribution in [0, 0.1) is 0 Å². The van der Waals surface area contributed by atoms with E-state index in [1.807, 2.05) is 11.4 Å². The molecule has 0 bridgehead atoms. The summed E-state index contributed by atoms with van der Waals surface area (Å²) >= 11 is 1.63. The summed E-state index contributed by atoms with van der Waals surface area (Å²) in [5, 5.41) is 2.99. The fourth-order valence-electron chi connectivity index (χ4n) is 2.82. The molecule has 1 aliphatic carbocycles. The van der Waals surface area contributed by atoms with Gasteiger partial charge in [0.25, 0.3) is 0 Å². The van der Waals surface area contributed by atoms with Crippen LogP contribution in [0.25, 0.3) is 10.2 Å². The zero-order chi connectivity index (χ0) is 12.8. The molecule has 2 heterocycles. The normalized spacial score (nSPS) is 14.9. The minimum atomic E-state index is 0.367. The van der Waals surface area contributed by atoms with Crippen molar-refractivity contribution in [3.8, 4) is 0 Å². The van der Waals surface area contributed by atoms with Crippen molar-refractivity contribution in [3.63, 3.8) is 0 Å². The van der Waals surface area contributed by atoms with Gasteiger partial charge in [0, 0.05) is 5.92 Å². The third-order valence-electron chi connectivity index (χ3n) is 3.79. The van der Waals surface area contributed by atoms with Crippen LogP contribution < -0.4 is 5.73 Å². The molecule has 0 aliphatic heterocycles. The number of nitrogen functional groups attached to an aromatic ring is 1. The van der Waals surface area contributed by atoms with E-state index in [1.54, 1.807) is 11.3 Å². The number of benzene rings is 1. The van der Waals surface area contributed by atoms with Crippen molar-refractivity contribution in [3.05, 3.63) is 52.7 Å². The Kier molecular flexibility index (Phi) is 2.32. The average molecular weight is 267 g/mol. The lowest BCUT2D eigenvalue weighted by Crippen LogP contribution is -2.06. The maximum Gasteiger partial charge on any atom is 0.136 e. The molecule has 2 N–H and O–H groups in total. The molecule has 0 saturated carbocycles. The molecular formula is C15H13N3S. The van der Waals surface area contributed by atoms with E-state index in [2.05, 4.69) is 34.2 Å². The Morgan fingerprint density at radius 2 is 1.79 bits per heavy atom. The van der Waals surface area contributed by atoms with Gasteiger partial charge in [-0.05, 0) is 35.4 Å². The summed E-state index contributed by atoms with van der Waals surface area (Å²) in [6.45, 7) is 0. The Bertz CT molecular complexity index is 738. The highest BCUT2D eigenvalue weighted by atomic mass is 32.1. The predicted octanol–water partition coefficient (Wildman–Crippen LogP) is 3.16. The predicted molar refractivity (Wildman–Crippen MR) is 78.4 cm³/mol. The molecular weight excluding hydrogens is 254 g/mol. The maximum absolute atomic E-state index is 6.03. The zero-order valence-electron chi connectivity index (χ0n) is 10.3. The molecule has 19 heavy (non-hydrogen) atoms. The molecule has 0 amide bonds. The van der Waals surface area contributed by atoms with E-state index >= 15 is 0 Å². The second-order valence-corrected chi connectivity index (χ2v) is 5.87. The Labute approximate surface area is 115 Å². The molecule has 3 nitrogen and oxygen atoms in total. The van der Waals surface area contributed by atoms with Crippen LogP contribution in [0.1, 0.15) is 22.9 Å². The summed E-state index contributed by atoms with van der Waals surface area (Å²) in [4.78, 5) is 10.2. The quantitative estimate of drug-likeness (QED) is 0.737. The standard InChI is InChI=1S/C15H13N3S/c16-13-12-5-6-19-15(12)18-14(17-13)11-7-9-3-1-2-4-10(9)8-11/h1-6,11H,7-8H2,(H2,16,17,18). The van der Waals surface area contributed by atoms with E-state index in [4.69, 9.17) is 5.73 Å². The maximum atomic E-state index is 6.03. The average Bonchev–Trinajstić information content (AvgIpc) is 3.04. The first-order valence-electron chi connectivity index (χ1n) is 6.38. The van der Waals surface area contributed by atoms with Gasteiger partial charge in [-0.1, -0.05) is 24.3 Å². The van der Waals surface area contributed by atoms with Crippen molar-refractivity contribution in [2.45, 2.75) is 18.8 Å². The van der Waals surface area contributed by atoms with Crippen LogP contribution in [0.5, 0.6) is 0 Å². The highest BCUT2D eigenvalue weighted by Crippen LogP contribution is 2.34. The summed E-state index contributed by atoms with van der Waals surface area (Å²) in [5.41, 5.74) is 8.86. The van der Waals surface area contributed by atoms with Crippen LogP contribution in [-0.2, 0) is 12.8 Å². The minimum Gasteiger partial charge on any atom is -0.383 e. The molecule has 2 aromatic heterocycles. The topological polar surface area (TPSA) is 51.8 Å². The number of aromatic nitrogens is 2. The van der Waals surface area contributed by atoms with E-state index < -0.39 is 0 Å². The Morgan fingerprint density at radius 1 is 1.05 bits per heavy atom. The van der Waals surface area contributed by atoms with Crippen LogP contribution in [0.4, 0.5) is 5.82 Å². The van der Waals surface area contributed by atoms with Gasteiger partial charge in [-0.25, -0.2) is 9.97 Å². The lowest BCUT2D eigenvalue weighted by atomic mass is 10.1. The van der Waals surface area contributed by atoms with Crippen LogP contribution >= 0.6 is 11.3 Å². The number of hydrogen-bond donors (Lipinski definition) is 1. The zero-order valence-corrected chi connectivity index (χ0v) is 11.2. The fourth-order valence-corrected chi connectivity index (χ4v) is 3.60. The molecule has 0 spiro atoms. The Balaban J connectivity index is 1.76. The first-order valence-corrected chi connectivity index (χ1v) is 7.26. The largest absolute Gasteiger partial charge is 0.383 e. The number of nitrogens with zero attached hydrogens (tertiary/aromatic N) is 2. The van der Waals surface area contributed by atoms with Gasteiger partial charge in [-0.15, -0.1) is 11.3 Å². The molecule has 1 aromatic carbocycles. The van der Waals surface area contributed by atoms with Gasteiger partial charge in [-0.2, -0.15) is 0 Å². The highest BCUT2D eigenvalue weighted by Gasteiger charge is 2.25. The third kappa shape index (κ3) is 1.71. The van der Waals surface area contributed by atoms with Crippen LogP contribution in [0.15, 0.2) is 35.7 Å². The molecule has 1 aliphatic rings. The van der Waals surface area contributed by atoms with Crippen LogP contribution in [0.3, 0.4) is 0 Å². The molecule has 0 saturated heterocycles. The summed E-state index contributed by atoms with van der Waals surface area (Å²) in [6, 6.07) is 10.6. The van der Waals surface area contributed by atoms with Gasteiger partial charge in [0.1, 0.15) is 16.5 Å². The van der Waals surface area contributed by atoms with Gasteiger partial charge in [-0.3, -0.25) is 0 Å². The monoisotopic (exact) mass is 267 g/mol. The summed E-state index contributed by atoms with van der Waals surface area (Å²) < 4.78 is 0. The van der Waals surface area contributed by atoms with Crippen LogP contribution in [-0.4, -0.2) is 9.97 Å². The summed E-state index contributed by atoms with van der Waals surface area (Å²) in [6.07, 6.45) is 2.04. The lowest BCUT2D eigenvalue weighted by molar-refractivity contribution is 0.689. The van der Waals surface area contributed by atoms with Crippen molar-refractivity contribution in [1.29, 1.82) is 0 Å². The molecule has 4 heteroatoms. The SMILES string of the molecule is Nc1nc(C2Cc3ccccc3C2)nc2sccc12. The Morgan fingerprint density at radius 3 is 2.53 bits per heavy atom. The molecule has 0 unspecified atom stereocenters. The van der Waals surface area contributed by atoms with Gasteiger partial charge >= 0.3 is 0 Å². The van der Waals surface area contributed by atoms with Crippen LogP contribution in [0.2, 0.25) is 0 Å².